The van der Waals surface area contributed by atoms with E-state index in [-0.39, 0.29) is 38.6 Å². The molecular formula is C21H24ClFN4O4S3. The molecule has 0 atom stereocenters. The summed E-state index contributed by atoms with van der Waals surface area (Å²) in [5.74, 6) is -0.870. The number of rotatable bonds is 7. The Morgan fingerprint density at radius 2 is 1.82 bits per heavy atom. The number of benzene rings is 1. The van der Waals surface area contributed by atoms with E-state index >= 15 is 0 Å². The molecule has 0 saturated carbocycles. The van der Waals surface area contributed by atoms with Crippen molar-refractivity contribution in [3.8, 4) is 21.8 Å². The molecule has 184 valence electrons. The summed E-state index contributed by atoms with van der Waals surface area (Å²) in [7, 11) is -7.41. The monoisotopic (exact) mass is 546 g/mol. The third-order valence-corrected chi connectivity index (χ3v) is 8.74. The van der Waals surface area contributed by atoms with Crippen molar-refractivity contribution in [3.05, 3.63) is 40.2 Å². The van der Waals surface area contributed by atoms with Gasteiger partial charge in [-0.1, -0.05) is 39.3 Å². The van der Waals surface area contributed by atoms with E-state index in [9.17, 15) is 21.2 Å². The van der Waals surface area contributed by atoms with Gasteiger partial charge in [0.1, 0.15) is 5.82 Å². The van der Waals surface area contributed by atoms with Crippen LogP contribution in [0, 0.1) is 5.82 Å². The van der Waals surface area contributed by atoms with Gasteiger partial charge < -0.3 is 0 Å². The molecule has 0 aliphatic heterocycles. The number of nitrogens with one attached hydrogen (secondary N) is 1. The van der Waals surface area contributed by atoms with Gasteiger partial charge in [-0.15, -0.1) is 11.3 Å². The molecule has 0 bridgehead atoms. The highest BCUT2D eigenvalue weighted by Gasteiger charge is 2.27. The number of sulfone groups is 1. The summed E-state index contributed by atoms with van der Waals surface area (Å²) in [4.78, 5) is 13.1. The number of halogens is 2. The van der Waals surface area contributed by atoms with Crippen LogP contribution in [-0.2, 0) is 25.3 Å². The summed E-state index contributed by atoms with van der Waals surface area (Å²) in [5, 5.41) is 0.274. The average molecular weight is 547 g/mol. The first-order chi connectivity index (χ1) is 15.6. The molecule has 2 aromatic heterocycles. The molecular weight excluding hydrogens is 523 g/mol. The Morgan fingerprint density at radius 1 is 1.15 bits per heavy atom. The van der Waals surface area contributed by atoms with Gasteiger partial charge in [-0.05, 0) is 24.6 Å². The number of hydrogen-bond acceptors (Lipinski definition) is 8. The first kappa shape index (κ1) is 26.5. The average Bonchev–Trinajstić information content (AvgIpc) is 3.15. The lowest BCUT2D eigenvalue weighted by Gasteiger charge is -2.14. The molecule has 0 unspecified atom stereocenters. The maximum atomic E-state index is 14.6. The zero-order valence-electron chi connectivity index (χ0n) is 19.2. The van der Waals surface area contributed by atoms with Crippen molar-refractivity contribution >= 4 is 48.5 Å². The Hall–Kier alpha value is -2.15. The van der Waals surface area contributed by atoms with E-state index in [4.69, 9.17) is 11.6 Å². The number of sulfonamides is 1. The van der Waals surface area contributed by atoms with E-state index in [0.717, 1.165) is 18.4 Å². The molecule has 1 N–H and O–H groups in total. The summed E-state index contributed by atoms with van der Waals surface area (Å²) in [6, 6.07) is 3.68. The molecule has 3 rings (SSSR count). The van der Waals surface area contributed by atoms with Gasteiger partial charge in [0.15, 0.2) is 0 Å². The number of hydrogen-bond donors (Lipinski definition) is 1. The van der Waals surface area contributed by atoms with Gasteiger partial charge in [0.05, 0.1) is 37.7 Å². The molecule has 1 aromatic carbocycles. The maximum Gasteiger partial charge on any atom is 0.247 e. The summed E-state index contributed by atoms with van der Waals surface area (Å²) in [5.41, 5.74) is 0.175. The molecule has 3 aromatic rings. The Kier molecular flexibility index (Phi) is 7.38. The zero-order chi connectivity index (χ0) is 25.5. The van der Waals surface area contributed by atoms with Gasteiger partial charge in [-0.25, -0.2) is 36.2 Å². The van der Waals surface area contributed by atoms with Gasteiger partial charge in [0, 0.05) is 23.4 Å². The summed E-state index contributed by atoms with van der Waals surface area (Å²) in [6.07, 6.45) is 2.69. The van der Waals surface area contributed by atoms with Crippen LogP contribution in [0.3, 0.4) is 0 Å². The van der Waals surface area contributed by atoms with E-state index in [1.54, 1.807) is 6.92 Å². The smallest absolute Gasteiger partial charge is 0.247 e. The number of aromatic nitrogens is 3. The predicted molar refractivity (Wildman–Crippen MR) is 133 cm³/mol. The highest BCUT2D eigenvalue weighted by atomic mass is 35.5. The lowest BCUT2D eigenvalue weighted by Crippen LogP contribution is -2.16. The standard InChI is InChI=1S/C21H24ClFN4O4S3/c1-6-9-34(30,31)27-15-11-12(23)10-13(16(15)22)17-18(32-19(26-17)21(2,3)4)14-7-8-24-20(25-14)33(5,28)29/h7-8,10-11,27H,6,9H2,1-5H3. The van der Waals surface area contributed by atoms with E-state index in [1.807, 2.05) is 20.8 Å². The molecule has 0 spiro atoms. The van der Waals surface area contributed by atoms with Crippen LogP contribution in [-0.4, -0.2) is 43.8 Å². The van der Waals surface area contributed by atoms with Crippen molar-refractivity contribution in [3.63, 3.8) is 0 Å². The van der Waals surface area contributed by atoms with Crippen LogP contribution in [0.15, 0.2) is 29.6 Å². The lowest BCUT2D eigenvalue weighted by atomic mass is 9.98. The first-order valence-corrected chi connectivity index (χ1v) is 14.9. The fourth-order valence-corrected chi connectivity index (χ4v) is 6.03. The van der Waals surface area contributed by atoms with Gasteiger partial charge in [-0.3, -0.25) is 4.72 Å². The molecule has 0 radical (unpaired) electrons. The molecule has 0 aliphatic carbocycles. The number of thiazole rings is 1. The normalized spacial score (nSPS) is 12.7. The Morgan fingerprint density at radius 3 is 2.41 bits per heavy atom. The third-order valence-electron chi connectivity index (χ3n) is 4.50. The molecule has 34 heavy (non-hydrogen) atoms. The molecule has 0 saturated heterocycles. The minimum absolute atomic E-state index is 0.0366. The topological polar surface area (TPSA) is 119 Å². The third kappa shape index (κ3) is 5.91. The van der Waals surface area contributed by atoms with E-state index in [1.165, 1.54) is 23.6 Å². The predicted octanol–water partition coefficient (Wildman–Crippen LogP) is 4.91. The summed E-state index contributed by atoms with van der Waals surface area (Å²) < 4.78 is 65.5. The zero-order valence-corrected chi connectivity index (χ0v) is 22.4. The van der Waals surface area contributed by atoms with E-state index in [0.29, 0.717) is 16.3 Å². The lowest BCUT2D eigenvalue weighted by molar-refractivity contribution is 0.586. The van der Waals surface area contributed by atoms with Crippen LogP contribution in [0.25, 0.3) is 21.8 Å². The highest BCUT2D eigenvalue weighted by molar-refractivity contribution is 7.92. The first-order valence-electron chi connectivity index (χ1n) is 10.2. The van der Waals surface area contributed by atoms with E-state index < -0.39 is 31.1 Å². The molecule has 0 aliphatic rings. The molecule has 0 amide bonds. The largest absolute Gasteiger partial charge is 0.282 e. The molecule has 2 heterocycles. The second kappa shape index (κ2) is 9.48. The Bertz CT molecular complexity index is 1450. The van der Waals surface area contributed by atoms with Gasteiger partial charge in [-0.2, -0.15) is 0 Å². The van der Waals surface area contributed by atoms with Crippen molar-refractivity contribution in [2.24, 2.45) is 0 Å². The van der Waals surface area contributed by atoms with Crippen molar-refractivity contribution < 1.29 is 21.2 Å². The van der Waals surface area contributed by atoms with Crippen LogP contribution in [0.1, 0.15) is 39.1 Å². The van der Waals surface area contributed by atoms with Gasteiger partial charge in [0.25, 0.3) is 0 Å². The van der Waals surface area contributed by atoms with Crippen LogP contribution < -0.4 is 4.72 Å². The fraction of sp³-hybridized carbons (Fsp3) is 0.381. The minimum atomic E-state index is -3.73. The fourth-order valence-electron chi connectivity index (χ4n) is 2.97. The van der Waals surface area contributed by atoms with Crippen LogP contribution in [0.5, 0.6) is 0 Å². The molecule has 13 heteroatoms. The van der Waals surface area contributed by atoms with Crippen LogP contribution in [0.4, 0.5) is 10.1 Å². The summed E-state index contributed by atoms with van der Waals surface area (Å²) in [6.45, 7) is 7.54. The minimum Gasteiger partial charge on any atom is -0.282 e. The maximum absolute atomic E-state index is 14.6. The van der Waals surface area contributed by atoms with Gasteiger partial charge in [0.2, 0.25) is 25.0 Å². The highest BCUT2D eigenvalue weighted by Crippen LogP contribution is 2.44. The second-order valence-corrected chi connectivity index (χ2v) is 13.8. The van der Waals surface area contributed by atoms with Crippen molar-refractivity contribution in [1.82, 2.24) is 15.0 Å². The number of nitrogens with zero attached hydrogens (tertiary/aromatic N) is 3. The summed E-state index contributed by atoms with van der Waals surface area (Å²) >= 11 is 7.81. The van der Waals surface area contributed by atoms with Gasteiger partial charge >= 0.3 is 0 Å². The Balaban J connectivity index is 2.28. The number of anilines is 1. The van der Waals surface area contributed by atoms with E-state index in [2.05, 4.69) is 19.7 Å². The SMILES string of the molecule is CCCS(=O)(=O)Nc1cc(F)cc(-c2nc(C(C)(C)C)sc2-c2ccnc(S(C)(=O)=O)n2)c1Cl. The van der Waals surface area contributed by atoms with Crippen molar-refractivity contribution in [1.29, 1.82) is 0 Å². The Labute approximate surface area is 207 Å². The van der Waals surface area contributed by atoms with Crippen LogP contribution in [0.2, 0.25) is 5.02 Å². The second-order valence-electron chi connectivity index (χ2n) is 8.68. The van der Waals surface area contributed by atoms with Crippen molar-refractivity contribution in [2.45, 2.75) is 44.7 Å². The van der Waals surface area contributed by atoms with Crippen molar-refractivity contribution in [2.75, 3.05) is 16.7 Å². The van der Waals surface area contributed by atoms with Crippen LogP contribution >= 0.6 is 22.9 Å². The molecule has 0 fully saturated rings. The quantitative estimate of drug-likeness (QED) is 0.418. The molecule has 8 nitrogen and oxygen atoms in total.